The first-order valence-electron chi connectivity index (χ1n) is 6.10. The smallest absolute Gasteiger partial charge is 0.327 e. The molecule has 2 unspecified atom stereocenters. The Morgan fingerprint density at radius 3 is 2.85 bits per heavy atom. The summed E-state index contributed by atoms with van der Waals surface area (Å²) in [7, 11) is 0. The molecule has 0 aliphatic carbocycles. The number of rotatable bonds is 2. The van der Waals surface area contributed by atoms with Gasteiger partial charge in [0.2, 0.25) is 0 Å². The molecule has 2 atom stereocenters. The summed E-state index contributed by atoms with van der Waals surface area (Å²) in [6, 6.07) is 3.00. The molecule has 1 heterocycles. The number of halogens is 1. The van der Waals surface area contributed by atoms with Crippen LogP contribution in [0.2, 0.25) is 0 Å². The lowest BCUT2D eigenvalue weighted by Crippen LogP contribution is -2.46. The van der Waals surface area contributed by atoms with Crippen molar-refractivity contribution in [1.82, 2.24) is 4.90 Å². The Balaban J connectivity index is 2.19. The first-order chi connectivity index (χ1) is 9.41. The minimum Gasteiger partial charge on any atom is -0.480 e. The topological polar surface area (TPSA) is 69.6 Å². The van der Waals surface area contributed by atoms with Crippen molar-refractivity contribution >= 4 is 29.4 Å². The molecule has 5 nitrogen and oxygen atoms in total. The number of hydrogen-bond acceptors (Lipinski definition) is 3. The summed E-state index contributed by atoms with van der Waals surface area (Å²) < 4.78 is 13.4. The van der Waals surface area contributed by atoms with Gasteiger partial charge < -0.3 is 10.4 Å². The molecule has 0 spiro atoms. The second-order valence-corrected chi connectivity index (χ2v) is 5.89. The number of benzene rings is 1. The average molecular weight is 298 g/mol. The number of carboxylic acid groups (broad SMARTS) is 1. The largest absolute Gasteiger partial charge is 0.480 e. The fourth-order valence-electron chi connectivity index (χ4n) is 2.06. The van der Waals surface area contributed by atoms with Crippen LogP contribution in [-0.2, 0) is 4.79 Å². The Kier molecular flexibility index (Phi) is 4.17. The molecular formula is C13H15FN2O3S. The van der Waals surface area contributed by atoms with Crippen LogP contribution in [0.15, 0.2) is 18.2 Å². The van der Waals surface area contributed by atoms with E-state index in [1.54, 1.807) is 19.9 Å². The van der Waals surface area contributed by atoms with E-state index in [4.69, 9.17) is 5.11 Å². The molecule has 1 aromatic rings. The highest BCUT2D eigenvalue weighted by atomic mass is 32.2. The SMILES string of the molecule is Cc1c(F)cccc1NC(=O)N1C(C)SCC1C(=O)O. The van der Waals surface area contributed by atoms with Gasteiger partial charge in [-0.3, -0.25) is 4.90 Å². The Morgan fingerprint density at radius 1 is 1.50 bits per heavy atom. The monoisotopic (exact) mass is 298 g/mol. The van der Waals surface area contributed by atoms with Crippen LogP contribution < -0.4 is 5.32 Å². The third-order valence-corrected chi connectivity index (χ3v) is 4.47. The lowest BCUT2D eigenvalue weighted by molar-refractivity contribution is -0.141. The summed E-state index contributed by atoms with van der Waals surface area (Å²) in [5, 5.41) is 11.5. The van der Waals surface area contributed by atoms with Crippen LogP contribution in [0.3, 0.4) is 0 Å². The molecule has 0 saturated carbocycles. The van der Waals surface area contributed by atoms with Crippen molar-refractivity contribution in [3.05, 3.63) is 29.6 Å². The third-order valence-electron chi connectivity index (χ3n) is 3.25. The van der Waals surface area contributed by atoms with E-state index in [1.807, 2.05) is 0 Å². The van der Waals surface area contributed by atoms with E-state index in [0.717, 1.165) is 0 Å². The van der Waals surface area contributed by atoms with Crippen molar-refractivity contribution < 1.29 is 19.1 Å². The molecule has 0 aromatic heterocycles. The van der Waals surface area contributed by atoms with E-state index in [1.165, 1.54) is 28.8 Å². The zero-order chi connectivity index (χ0) is 14.9. The molecule has 1 saturated heterocycles. The van der Waals surface area contributed by atoms with Crippen molar-refractivity contribution in [1.29, 1.82) is 0 Å². The van der Waals surface area contributed by atoms with Crippen LogP contribution in [-0.4, -0.2) is 39.2 Å². The standard InChI is InChI=1S/C13H15FN2O3S/c1-7-9(14)4-3-5-10(7)15-13(19)16-8(2)20-6-11(16)12(17)18/h3-5,8,11H,6H2,1-2H3,(H,15,19)(H,17,18). The lowest BCUT2D eigenvalue weighted by Gasteiger charge is -2.25. The Labute approximate surface area is 120 Å². The zero-order valence-electron chi connectivity index (χ0n) is 11.1. The summed E-state index contributed by atoms with van der Waals surface area (Å²) in [5.41, 5.74) is 0.676. The van der Waals surface area contributed by atoms with E-state index in [2.05, 4.69) is 5.32 Å². The van der Waals surface area contributed by atoms with E-state index in [9.17, 15) is 14.0 Å². The van der Waals surface area contributed by atoms with Gasteiger partial charge in [-0.1, -0.05) is 6.07 Å². The zero-order valence-corrected chi connectivity index (χ0v) is 11.9. The fraction of sp³-hybridized carbons (Fsp3) is 0.385. The maximum atomic E-state index is 13.4. The van der Waals surface area contributed by atoms with Crippen LogP contribution in [0.1, 0.15) is 12.5 Å². The van der Waals surface area contributed by atoms with Crippen LogP contribution in [0.25, 0.3) is 0 Å². The maximum absolute atomic E-state index is 13.4. The molecule has 1 aromatic carbocycles. The van der Waals surface area contributed by atoms with Crippen molar-refractivity contribution in [2.45, 2.75) is 25.3 Å². The first-order valence-corrected chi connectivity index (χ1v) is 7.15. The number of nitrogens with one attached hydrogen (secondary N) is 1. The number of thioether (sulfide) groups is 1. The predicted octanol–water partition coefficient (Wildman–Crippen LogP) is 2.51. The molecule has 1 aliphatic heterocycles. The quantitative estimate of drug-likeness (QED) is 0.880. The van der Waals surface area contributed by atoms with Crippen molar-refractivity contribution in [2.75, 3.05) is 11.1 Å². The van der Waals surface area contributed by atoms with Gasteiger partial charge in [0.05, 0.1) is 5.37 Å². The van der Waals surface area contributed by atoms with Gasteiger partial charge in [-0.2, -0.15) is 0 Å². The predicted molar refractivity (Wildman–Crippen MR) is 75.3 cm³/mol. The van der Waals surface area contributed by atoms with Gasteiger partial charge in [-0.15, -0.1) is 11.8 Å². The first kappa shape index (κ1) is 14.6. The van der Waals surface area contributed by atoms with E-state index >= 15 is 0 Å². The van der Waals surface area contributed by atoms with E-state index < -0.39 is 23.9 Å². The van der Waals surface area contributed by atoms with Gasteiger partial charge in [0.1, 0.15) is 11.9 Å². The van der Waals surface area contributed by atoms with Gasteiger partial charge in [-0.05, 0) is 26.0 Å². The number of carboxylic acids is 1. The van der Waals surface area contributed by atoms with Crippen LogP contribution in [0.4, 0.5) is 14.9 Å². The van der Waals surface area contributed by atoms with E-state index in [0.29, 0.717) is 17.0 Å². The molecule has 2 rings (SSSR count). The van der Waals surface area contributed by atoms with Gasteiger partial charge >= 0.3 is 12.0 Å². The number of nitrogens with zero attached hydrogens (tertiary/aromatic N) is 1. The highest BCUT2D eigenvalue weighted by Gasteiger charge is 2.39. The molecule has 0 bridgehead atoms. The molecule has 2 amide bonds. The Morgan fingerprint density at radius 2 is 2.20 bits per heavy atom. The average Bonchev–Trinajstić information content (AvgIpc) is 2.77. The summed E-state index contributed by atoms with van der Waals surface area (Å²) in [5.74, 6) is -1.10. The molecular weight excluding hydrogens is 283 g/mol. The fourth-order valence-corrected chi connectivity index (χ4v) is 3.23. The van der Waals surface area contributed by atoms with Crippen molar-refractivity contribution in [2.24, 2.45) is 0 Å². The molecule has 0 radical (unpaired) electrons. The summed E-state index contributed by atoms with van der Waals surface area (Å²) >= 11 is 1.40. The van der Waals surface area contributed by atoms with Crippen molar-refractivity contribution in [3.8, 4) is 0 Å². The number of carbonyl (C=O) groups excluding carboxylic acids is 1. The van der Waals surface area contributed by atoms with Crippen LogP contribution in [0.5, 0.6) is 0 Å². The highest BCUT2D eigenvalue weighted by Crippen LogP contribution is 2.30. The number of anilines is 1. The number of carbonyl (C=O) groups is 2. The summed E-state index contributed by atoms with van der Waals surface area (Å²) in [6.07, 6.45) is 0. The van der Waals surface area contributed by atoms with Gasteiger partial charge in [-0.25, -0.2) is 14.0 Å². The maximum Gasteiger partial charge on any atom is 0.327 e. The lowest BCUT2D eigenvalue weighted by atomic mass is 10.2. The molecule has 2 N–H and O–H groups in total. The van der Waals surface area contributed by atoms with Crippen LogP contribution >= 0.6 is 11.8 Å². The van der Waals surface area contributed by atoms with Gasteiger partial charge in [0, 0.05) is 17.0 Å². The van der Waals surface area contributed by atoms with Gasteiger partial charge in [0.25, 0.3) is 0 Å². The Hall–Kier alpha value is -1.76. The summed E-state index contributed by atoms with van der Waals surface area (Å²) in [4.78, 5) is 24.6. The molecule has 1 aliphatic rings. The van der Waals surface area contributed by atoms with E-state index in [-0.39, 0.29) is 5.37 Å². The number of amides is 2. The highest BCUT2D eigenvalue weighted by molar-refractivity contribution is 8.00. The molecule has 108 valence electrons. The summed E-state index contributed by atoms with van der Waals surface area (Å²) in [6.45, 7) is 3.33. The molecule has 1 fully saturated rings. The Bertz CT molecular complexity index is 552. The second kappa shape index (κ2) is 5.70. The number of hydrogen-bond donors (Lipinski definition) is 2. The van der Waals surface area contributed by atoms with Crippen molar-refractivity contribution in [3.63, 3.8) is 0 Å². The third kappa shape index (κ3) is 2.72. The molecule has 20 heavy (non-hydrogen) atoms. The normalized spacial score (nSPS) is 21.9. The molecule has 7 heteroatoms. The minimum absolute atomic E-state index is 0.232. The second-order valence-electron chi connectivity index (χ2n) is 4.54. The number of urea groups is 1. The van der Waals surface area contributed by atoms with Crippen LogP contribution in [0, 0.1) is 12.7 Å². The van der Waals surface area contributed by atoms with Gasteiger partial charge in [0.15, 0.2) is 0 Å². The minimum atomic E-state index is -1.03. The number of aliphatic carboxylic acids is 1.